The summed E-state index contributed by atoms with van der Waals surface area (Å²) in [5.74, 6) is 0.182. The van der Waals surface area contributed by atoms with Crippen molar-refractivity contribution < 1.29 is 17.7 Å². The maximum atomic E-state index is 10.4. The molecule has 5 nitrogen and oxygen atoms in total. The molecule has 0 bridgehead atoms. The van der Waals surface area contributed by atoms with Crippen molar-refractivity contribution in [3.63, 3.8) is 0 Å². The van der Waals surface area contributed by atoms with Gasteiger partial charge < -0.3 is 9.29 Å². The minimum absolute atomic E-state index is 0.176. The van der Waals surface area contributed by atoms with E-state index in [9.17, 15) is 13.0 Å². The van der Waals surface area contributed by atoms with Crippen LogP contribution < -0.4 is 4.74 Å². The average molecular weight is 266 g/mol. The highest BCUT2D eigenvalue weighted by Crippen LogP contribution is 2.22. The monoisotopic (exact) mass is 266 g/mol. The number of pyridine rings is 1. The predicted octanol–water partition coefficient (Wildman–Crippen LogP) is 1.55. The standard InChI is InChI=1S/C12H13NO4S/c14-18(15,16)9-3-8-17-11-6-1-4-10-5-2-7-13-12(10)11/h1-2,4-7H,3,8-9H2,(H,14,15,16)/p-1. The first-order chi connectivity index (χ1) is 8.56. The number of nitrogens with zero attached hydrogens (tertiary/aromatic N) is 1. The first kappa shape index (κ1) is 12.8. The Labute approximate surface area is 105 Å². The van der Waals surface area contributed by atoms with Crippen molar-refractivity contribution in [2.75, 3.05) is 12.4 Å². The number of hydrogen-bond acceptors (Lipinski definition) is 5. The number of para-hydroxylation sites is 1. The second-order valence-electron chi connectivity index (χ2n) is 3.80. The Bertz CT molecular complexity index is 634. The highest BCUT2D eigenvalue weighted by atomic mass is 32.2. The van der Waals surface area contributed by atoms with Gasteiger partial charge >= 0.3 is 0 Å². The summed E-state index contributed by atoms with van der Waals surface area (Å²) in [6.45, 7) is 0.178. The molecule has 6 heteroatoms. The van der Waals surface area contributed by atoms with Crippen molar-refractivity contribution in [2.24, 2.45) is 0 Å². The van der Waals surface area contributed by atoms with Gasteiger partial charge in [-0.2, -0.15) is 0 Å². The van der Waals surface area contributed by atoms with Crippen LogP contribution in [0.5, 0.6) is 5.75 Å². The molecule has 0 unspecified atom stereocenters. The minimum atomic E-state index is -4.17. The van der Waals surface area contributed by atoms with E-state index in [1.807, 2.05) is 24.3 Å². The molecular formula is C12H12NO4S-. The molecule has 0 radical (unpaired) electrons. The Morgan fingerprint density at radius 3 is 2.78 bits per heavy atom. The van der Waals surface area contributed by atoms with Gasteiger partial charge in [0, 0.05) is 17.3 Å². The molecule has 0 saturated heterocycles. The molecule has 0 aliphatic carbocycles. The van der Waals surface area contributed by atoms with Gasteiger partial charge in [-0.05, 0) is 18.6 Å². The molecule has 0 spiro atoms. The molecule has 0 N–H and O–H groups in total. The maximum Gasteiger partial charge on any atom is 0.145 e. The Morgan fingerprint density at radius 1 is 1.22 bits per heavy atom. The third-order valence-electron chi connectivity index (χ3n) is 2.39. The van der Waals surface area contributed by atoms with Gasteiger partial charge in [0.2, 0.25) is 0 Å². The van der Waals surface area contributed by atoms with E-state index in [2.05, 4.69) is 4.98 Å². The summed E-state index contributed by atoms with van der Waals surface area (Å²) >= 11 is 0. The van der Waals surface area contributed by atoms with E-state index < -0.39 is 15.9 Å². The number of rotatable bonds is 5. The zero-order chi connectivity index (χ0) is 13.0. The van der Waals surface area contributed by atoms with Gasteiger partial charge in [0.05, 0.1) is 16.7 Å². The summed E-state index contributed by atoms with van der Waals surface area (Å²) in [7, 11) is -4.17. The maximum absolute atomic E-state index is 10.4. The van der Waals surface area contributed by atoms with Gasteiger partial charge in [0.1, 0.15) is 11.3 Å². The zero-order valence-electron chi connectivity index (χ0n) is 9.57. The van der Waals surface area contributed by atoms with E-state index in [1.54, 1.807) is 12.3 Å². The molecule has 0 fully saturated rings. The average Bonchev–Trinajstić information content (AvgIpc) is 2.33. The second kappa shape index (κ2) is 5.32. The Morgan fingerprint density at radius 2 is 2.00 bits per heavy atom. The van der Waals surface area contributed by atoms with E-state index in [0.717, 1.165) is 10.9 Å². The number of ether oxygens (including phenoxy) is 1. The fourth-order valence-corrected chi connectivity index (χ4v) is 2.08. The molecular weight excluding hydrogens is 254 g/mol. The lowest BCUT2D eigenvalue weighted by molar-refractivity contribution is 0.318. The summed E-state index contributed by atoms with van der Waals surface area (Å²) in [6, 6.07) is 9.26. The first-order valence-corrected chi connectivity index (χ1v) is 7.04. The SMILES string of the molecule is O=S(=O)([O-])CCCOc1cccc2cccnc12. The van der Waals surface area contributed by atoms with Crippen molar-refractivity contribution in [2.45, 2.75) is 6.42 Å². The first-order valence-electron chi connectivity index (χ1n) is 5.46. The van der Waals surface area contributed by atoms with Crippen LogP contribution in [-0.4, -0.2) is 30.3 Å². The van der Waals surface area contributed by atoms with E-state index in [4.69, 9.17) is 4.74 Å². The van der Waals surface area contributed by atoms with Crippen LogP contribution in [0.15, 0.2) is 36.5 Å². The molecule has 2 aromatic rings. The lowest BCUT2D eigenvalue weighted by Gasteiger charge is -2.09. The predicted molar refractivity (Wildman–Crippen MR) is 66.4 cm³/mol. The largest absolute Gasteiger partial charge is 0.748 e. The molecule has 96 valence electrons. The number of fused-ring (bicyclic) bond motifs is 1. The van der Waals surface area contributed by atoms with Gasteiger partial charge in [0.15, 0.2) is 0 Å². The van der Waals surface area contributed by atoms with E-state index >= 15 is 0 Å². The molecule has 0 amide bonds. The second-order valence-corrected chi connectivity index (χ2v) is 5.32. The highest BCUT2D eigenvalue weighted by Gasteiger charge is 2.03. The number of hydrogen-bond donors (Lipinski definition) is 0. The molecule has 1 heterocycles. The molecule has 1 aromatic carbocycles. The van der Waals surface area contributed by atoms with Crippen molar-refractivity contribution in [1.82, 2.24) is 4.98 Å². The van der Waals surface area contributed by atoms with Crippen LogP contribution in [0.1, 0.15) is 6.42 Å². The molecule has 0 aliphatic heterocycles. The molecule has 2 rings (SSSR count). The topological polar surface area (TPSA) is 79.3 Å². The van der Waals surface area contributed by atoms with Crippen LogP contribution >= 0.6 is 0 Å². The molecule has 18 heavy (non-hydrogen) atoms. The van der Waals surface area contributed by atoms with Crippen molar-refractivity contribution in [3.8, 4) is 5.75 Å². The smallest absolute Gasteiger partial charge is 0.145 e. The van der Waals surface area contributed by atoms with Crippen LogP contribution in [0.4, 0.5) is 0 Å². The normalized spacial score (nSPS) is 11.6. The summed E-state index contributed by atoms with van der Waals surface area (Å²) < 4.78 is 36.7. The molecule has 1 aromatic heterocycles. The molecule has 0 saturated carbocycles. The summed E-state index contributed by atoms with van der Waals surface area (Å²) in [6.07, 6.45) is 1.84. The zero-order valence-corrected chi connectivity index (χ0v) is 10.4. The van der Waals surface area contributed by atoms with E-state index in [0.29, 0.717) is 5.75 Å². The highest BCUT2D eigenvalue weighted by molar-refractivity contribution is 7.85. The van der Waals surface area contributed by atoms with Crippen LogP contribution in [-0.2, 0) is 10.1 Å². The molecule has 0 aliphatic rings. The third kappa shape index (κ3) is 3.41. The fraction of sp³-hybridized carbons (Fsp3) is 0.250. The fourth-order valence-electron chi connectivity index (χ4n) is 1.61. The lowest BCUT2D eigenvalue weighted by atomic mass is 10.2. The van der Waals surface area contributed by atoms with Crippen LogP contribution in [0.3, 0.4) is 0 Å². The van der Waals surface area contributed by atoms with E-state index in [1.165, 1.54) is 0 Å². The van der Waals surface area contributed by atoms with Crippen LogP contribution in [0, 0.1) is 0 Å². The van der Waals surface area contributed by atoms with Gasteiger partial charge in [-0.25, -0.2) is 8.42 Å². The number of benzene rings is 1. The lowest BCUT2D eigenvalue weighted by Crippen LogP contribution is -2.09. The van der Waals surface area contributed by atoms with Gasteiger partial charge in [-0.3, -0.25) is 4.98 Å². The molecule has 0 atom stereocenters. The van der Waals surface area contributed by atoms with Crippen molar-refractivity contribution in [3.05, 3.63) is 36.5 Å². The van der Waals surface area contributed by atoms with Crippen molar-refractivity contribution in [1.29, 1.82) is 0 Å². The van der Waals surface area contributed by atoms with E-state index in [-0.39, 0.29) is 13.0 Å². The minimum Gasteiger partial charge on any atom is -0.748 e. The van der Waals surface area contributed by atoms with Crippen molar-refractivity contribution >= 4 is 21.0 Å². The number of aromatic nitrogens is 1. The van der Waals surface area contributed by atoms with Gasteiger partial charge in [-0.15, -0.1) is 0 Å². The van der Waals surface area contributed by atoms with Gasteiger partial charge in [-0.1, -0.05) is 18.2 Å². The van der Waals surface area contributed by atoms with Crippen LogP contribution in [0.2, 0.25) is 0 Å². The summed E-state index contributed by atoms with van der Waals surface area (Å²) in [4.78, 5) is 4.20. The Balaban J connectivity index is 2.04. The van der Waals surface area contributed by atoms with Gasteiger partial charge in [0.25, 0.3) is 0 Å². The third-order valence-corrected chi connectivity index (χ3v) is 3.18. The van der Waals surface area contributed by atoms with Crippen LogP contribution in [0.25, 0.3) is 10.9 Å². The summed E-state index contributed by atoms with van der Waals surface area (Å²) in [5, 5.41) is 0.950. The Kier molecular flexibility index (Phi) is 3.78. The Hall–Kier alpha value is -1.66. The quantitative estimate of drug-likeness (QED) is 0.606. The summed E-state index contributed by atoms with van der Waals surface area (Å²) in [5.41, 5.74) is 0.727.